The van der Waals surface area contributed by atoms with Gasteiger partial charge >= 0.3 is 7.82 Å². The maximum absolute atomic E-state index is 12.0. The maximum Gasteiger partial charge on any atom is 0.472 e. The fourth-order valence-electron chi connectivity index (χ4n) is 4.73. The molecule has 3 heterocycles. The van der Waals surface area contributed by atoms with Crippen molar-refractivity contribution >= 4 is 7.82 Å². The van der Waals surface area contributed by atoms with Gasteiger partial charge in [-0.2, -0.15) is 0 Å². The normalized spacial score (nSPS) is 43.4. The summed E-state index contributed by atoms with van der Waals surface area (Å²) in [7, 11) is -4.87. The van der Waals surface area contributed by atoms with E-state index in [2.05, 4.69) is 9.05 Å². The Hall–Kier alpha value is -0.650. The number of aliphatic hydroxyl groups is 13. The number of phosphoric ester groups is 1. The molecule has 0 aliphatic carbocycles. The van der Waals surface area contributed by atoms with Crippen molar-refractivity contribution in [3.05, 3.63) is 0 Å². The van der Waals surface area contributed by atoms with Crippen LogP contribution in [-0.4, -0.2) is 222 Å². The fraction of sp³-hybridized carbons (Fsp3) is 1.00. The van der Waals surface area contributed by atoms with E-state index in [0.29, 0.717) is 0 Å². The third-order valence-electron chi connectivity index (χ3n) is 7.58. The first-order valence-corrected chi connectivity index (χ1v) is 16.1. The predicted octanol–water partition coefficient (Wildman–Crippen LogP) is -8.70. The summed E-state index contributed by atoms with van der Waals surface area (Å²) in [4.78, 5) is 9.75. The topological polar surface area (TPSA) is 374 Å². The second-order valence-electron chi connectivity index (χ2n) is 11.2. The van der Waals surface area contributed by atoms with Gasteiger partial charge in [0, 0.05) is 0 Å². The Kier molecular flexibility index (Phi) is 16.3. The van der Waals surface area contributed by atoms with Crippen LogP contribution in [0.1, 0.15) is 0 Å². The average Bonchev–Trinajstić information content (AvgIpc) is 3.07. The molecule has 23 nitrogen and oxygen atoms in total. The zero-order chi connectivity index (χ0) is 35.9. The summed E-state index contributed by atoms with van der Waals surface area (Å²) >= 11 is 0. The molecule has 0 saturated carbocycles. The van der Waals surface area contributed by atoms with Crippen molar-refractivity contribution < 1.29 is 113 Å². The minimum absolute atomic E-state index is 0.570. The van der Waals surface area contributed by atoms with Gasteiger partial charge in [0.05, 0.1) is 46.2 Å². The van der Waals surface area contributed by atoms with Crippen LogP contribution in [0.3, 0.4) is 0 Å². The smallest absolute Gasteiger partial charge is 0.394 e. The molecular formula is C24H45O23P. The van der Waals surface area contributed by atoms with E-state index in [1.807, 2.05) is 0 Å². The zero-order valence-electron chi connectivity index (χ0n) is 25.1. The van der Waals surface area contributed by atoms with Gasteiger partial charge in [-0.05, 0) is 0 Å². The summed E-state index contributed by atoms with van der Waals surface area (Å²) < 4.78 is 53.7. The van der Waals surface area contributed by atoms with Crippen molar-refractivity contribution in [3.8, 4) is 0 Å². The second kappa shape index (κ2) is 18.7. The quantitative estimate of drug-likeness (QED) is 0.0617. The number of hydrogen-bond acceptors (Lipinski definition) is 22. The van der Waals surface area contributed by atoms with Crippen molar-refractivity contribution in [3.63, 3.8) is 0 Å². The molecule has 0 aromatic carbocycles. The molecule has 3 saturated heterocycles. The van der Waals surface area contributed by atoms with E-state index in [9.17, 15) is 65.6 Å². The molecule has 0 radical (unpaired) electrons. The van der Waals surface area contributed by atoms with Crippen molar-refractivity contribution in [2.24, 2.45) is 0 Å². The highest BCUT2D eigenvalue weighted by atomic mass is 31.2. The van der Waals surface area contributed by atoms with Crippen LogP contribution in [0.2, 0.25) is 0 Å². The van der Waals surface area contributed by atoms with Crippen LogP contribution in [0.15, 0.2) is 0 Å². The first kappa shape index (κ1) is 41.8. The Morgan fingerprint density at radius 2 is 1.06 bits per heavy atom. The van der Waals surface area contributed by atoms with Crippen molar-refractivity contribution in [1.82, 2.24) is 0 Å². The molecule has 284 valence electrons. The van der Waals surface area contributed by atoms with E-state index < -0.39 is 158 Å². The zero-order valence-corrected chi connectivity index (χ0v) is 26.0. The van der Waals surface area contributed by atoms with Gasteiger partial charge in [0.15, 0.2) is 18.9 Å². The fourth-order valence-corrected chi connectivity index (χ4v) is 5.51. The van der Waals surface area contributed by atoms with Crippen LogP contribution in [0.5, 0.6) is 0 Å². The molecule has 0 spiro atoms. The monoisotopic (exact) mass is 732 g/mol. The van der Waals surface area contributed by atoms with E-state index in [1.165, 1.54) is 0 Å². The minimum Gasteiger partial charge on any atom is -0.394 e. The second-order valence-corrected chi connectivity index (χ2v) is 12.7. The van der Waals surface area contributed by atoms with E-state index in [-0.39, 0.29) is 0 Å². The van der Waals surface area contributed by atoms with Gasteiger partial charge in [0.25, 0.3) is 0 Å². The molecule has 3 unspecified atom stereocenters. The van der Waals surface area contributed by atoms with Gasteiger partial charge in [-0.25, -0.2) is 4.57 Å². The minimum atomic E-state index is -4.87. The molecular weight excluding hydrogens is 687 g/mol. The average molecular weight is 733 g/mol. The van der Waals surface area contributed by atoms with E-state index in [1.54, 1.807) is 0 Å². The molecule has 0 aromatic rings. The number of ether oxygens (including phenoxy) is 6. The van der Waals surface area contributed by atoms with Crippen molar-refractivity contribution in [1.29, 1.82) is 0 Å². The van der Waals surface area contributed by atoms with Crippen LogP contribution in [0.25, 0.3) is 0 Å². The van der Waals surface area contributed by atoms with Crippen LogP contribution in [0.4, 0.5) is 0 Å². The molecule has 3 aliphatic rings. The lowest BCUT2D eigenvalue weighted by Gasteiger charge is -2.46. The Balaban J connectivity index is 1.66. The molecule has 48 heavy (non-hydrogen) atoms. The molecule has 18 atom stereocenters. The molecule has 3 rings (SSSR count). The van der Waals surface area contributed by atoms with Crippen LogP contribution in [-0.2, 0) is 42.0 Å². The highest BCUT2D eigenvalue weighted by Crippen LogP contribution is 2.44. The van der Waals surface area contributed by atoms with Gasteiger partial charge in [0.1, 0.15) is 85.5 Å². The Morgan fingerprint density at radius 3 is 1.65 bits per heavy atom. The van der Waals surface area contributed by atoms with Crippen LogP contribution < -0.4 is 0 Å². The van der Waals surface area contributed by atoms with E-state index in [0.717, 1.165) is 0 Å². The first-order valence-electron chi connectivity index (χ1n) is 14.6. The van der Waals surface area contributed by atoms with E-state index in [4.69, 9.17) is 38.6 Å². The molecule has 0 amide bonds. The van der Waals surface area contributed by atoms with Crippen LogP contribution in [0, 0.1) is 0 Å². The van der Waals surface area contributed by atoms with Crippen molar-refractivity contribution in [2.45, 2.75) is 104 Å². The van der Waals surface area contributed by atoms with Gasteiger partial charge in [-0.1, -0.05) is 0 Å². The molecule has 0 bridgehead atoms. The first-order chi connectivity index (χ1) is 22.5. The lowest BCUT2D eigenvalue weighted by molar-refractivity contribution is -0.373. The molecule has 24 heteroatoms. The standard InChI is InChI=1S/C24H45O23P/c25-1-8(28)4-40-24-21(18(35)13(30)10(3-27)44-24)47-23-20(37)17(34)14(31)11(46-23)6-41-22-19(36)16(33)15(32)12(45-22)7-43-48(38,39)42-5-9(29)2-26/h8-37H,1-7H2,(H,38,39)/t8?,9?,10-,11-,12-,13-,14+,15-,16+,17+,18+,19-,20-,21-,22-,23-,24+/m1/s1. The summed E-state index contributed by atoms with van der Waals surface area (Å²) in [6.07, 6.45) is -30.0. The van der Waals surface area contributed by atoms with Gasteiger partial charge in [-0.3, -0.25) is 9.05 Å². The van der Waals surface area contributed by atoms with Gasteiger partial charge < -0.3 is 99.7 Å². The number of rotatable bonds is 17. The summed E-state index contributed by atoms with van der Waals surface area (Å²) in [6.45, 7) is -5.37. The third-order valence-corrected chi connectivity index (χ3v) is 8.53. The van der Waals surface area contributed by atoms with Gasteiger partial charge in [-0.15, -0.1) is 0 Å². The molecule has 0 aromatic heterocycles. The lowest BCUT2D eigenvalue weighted by atomic mass is 9.97. The molecule has 3 fully saturated rings. The van der Waals surface area contributed by atoms with Gasteiger partial charge in [0.2, 0.25) is 0 Å². The number of phosphoric acid groups is 1. The predicted molar refractivity (Wildman–Crippen MR) is 146 cm³/mol. The van der Waals surface area contributed by atoms with E-state index >= 15 is 0 Å². The highest BCUT2D eigenvalue weighted by Gasteiger charge is 2.52. The summed E-state index contributed by atoms with van der Waals surface area (Å²) in [5.74, 6) is 0. The summed E-state index contributed by atoms with van der Waals surface area (Å²) in [5, 5.41) is 130. The SMILES string of the molecule is O=P(O)(OCC(O)CO)OC[C@H]1O[C@@H](OC[C@H]2O[C@H](O[C@H]3[C@@H](OCC(O)CO)O[C@H](CO)[C@@H](O)[C@@H]3O)[C@H](O)[C@@H](O)[C@H]2O)[C@H](O)[C@@H](O)[C@@H]1O. The van der Waals surface area contributed by atoms with Crippen molar-refractivity contribution in [2.75, 3.05) is 46.2 Å². The number of hydrogen-bond donors (Lipinski definition) is 14. The third kappa shape index (κ3) is 10.7. The number of aliphatic hydroxyl groups excluding tert-OH is 13. The largest absolute Gasteiger partial charge is 0.472 e. The van der Waals surface area contributed by atoms with Crippen LogP contribution >= 0.6 is 7.82 Å². The molecule has 14 N–H and O–H groups in total. The summed E-state index contributed by atoms with van der Waals surface area (Å²) in [5.41, 5.74) is 0. The Labute approximate surface area is 272 Å². The maximum atomic E-state index is 12.0. The Morgan fingerprint density at radius 1 is 0.562 bits per heavy atom. The molecule has 3 aliphatic heterocycles. The lowest BCUT2D eigenvalue weighted by Crippen LogP contribution is -2.65. The Bertz CT molecular complexity index is 998. The summed E-state index contributed by atoms with van der Waals surface area (Å²) in [6, 6.07) is 0. The highest BCUT2D eigenvalue weighted by molar-refractivity contribution is 7.47.